The predicted octanol–water partition coefficient (Wildman–Crippen LogP) is 2.85. The number of aromatic nitrogens is 4. The number of rotatable bonds is 7. The minimum absolute atomic E-state index is 0.281. The molecule has 8 heteroatoms. The van der Waals surface area contributed by atoms with Crippen molar-refractivity contribution in [3.05, 3.63) is 89.4 Å². The van der Waals surface area contributed by atoms with E-state index in [0.717, 1.165) is 28.1 Å². The highest BCUT2D eigenvalue weighted by atomic mass is 16.5. The van der Waals surface area contributed by atoms with E-state index in [1.165, 1.54) is 0 Å². The third-order valence-corrected chi connectivity index (χ3v) is 4.99. The summed E-state index contributed by atoms with van der Waals surface area (Å²) in [5.41, 5.74) is 9.25. The molecule has 0 aliphatic heterocycles. The number of benzene rings is 1. The first-order valence-corrected chi connectivity index (χ1v) is 10.5. The smallest absolute Gasteiger partial charge is 0.217 e. The Kier molecular flexibility index (Phi) is 6.62. The second kappa shape index (κ2) is 9.94. The number of amides is 1. The molecule has 0 fully saturated rings. The van der Waals surface area contributed by atoms with Crippen LogP contribution in [0.3, 0.4) is 0 Å². The van der Waals surface area contributed by atoms with Gasteiger partial charge in [-0.1, -0.05) is 17.0 Å². The van der Waals surface area contributed by atoms with Gasteiger partial charge in [-0.2, -0.15) is 0 Å². The number of hydrogen-bond acceptors (Lipinski definition) is 6. The lowest BCUT2D eigenvalue weighted by Crippen LogP contribution is -2.11. The maximum atomic E-state index is 10.9. The van der Waals surface area contributed by atoms with Crippen molar-refractivity contribution in [2.75, 3.05) is 0 Å². The fourth-order valence-corrected chi connectivity index (χ4v) is 3.28. The van der Waals surface area contributed by atoms with Crippen molar-refractivity contribution in [1.29, 1.82) is 0 Å². The Morgan fingerprint density at radius 2 is 1.88 bits per heavy atom. The van der Waals surface area contributed by atoms with Gasteiger partial charge >= 0.3 is 0 Å². The van der Waals surface area contributed by atoms with Gasteiger partial charge in [-0.3, -0.25) is 9.78 Å². The summed E-state index contributed by atoms with van der Waals surface area (Å²) in [6.07, 6.45) is 5.29. The standard InChI is InChI=1S/C25H23N5O3/c1-17(31)25-27-12-13-30(25)16-22-14-23(33-29-22)20-7-4-18(5-8-20)2-3-19-6-9-21(28-15-19)10-11-24(26)32/h4-9,12-15,17,31H,10-11,16H2,1H3,(H2,26,32)/t17-/m0/s1. The van der Waals surface area contributed by atoms with Crippen molar-refractivity contribution in [3.63, 3.8) is 0 Å². The number of nitrogens with two attached hydrogens (primary N) is 1. The van der Waals surface area contributed by atoms with E-state index in [4.69, 9.17) is 10.3 Å². The van der Waals surface area contributed by atoms with Gasteiger partial charge in [0.05, 0.1) is 6.54 Å². The molecule has 1 aromatic carbocycles. The Hall–Kier alpha value is -4.22. The van der Waals surface area contributed by atoms with Crippen molar-refractivity contribution >= 4 is 5.91 Å². The largest absolute Gasteiger partial charge is 0.385 e. The lowest BCUT2D eigenvalue weighted by molar-refractivity contribution is -0.118. The topological polar surface area (TPSA) is 120 Å². The summed E-state index contributed by atoms with van der Waals surface area (Å²) < 4.78 is 7.33. The second-order valence-electron chi connectivity index (χ2n) is 7.60. The number of carbonyl (C=O) groups excluding carboxylic acids is 1. The van der Waals surface area contributed by atoms with Gasteiger partial charge in [0.2, 0.25) is 5.91 Å². The quantitative estimate of drug-likeness (QED) is 0.426. The molecule has 0 saturated carbocycles. The van der Waals surface area contributed by atoms with E-state index in [2.05, 4.69) is 27.0 Å². The average molecular weight is 441 g/mol. The van der Waals surface area contributed by atoms with Gasteiger partial charge in [-0.15, -0.1) is 0 Å². The van der Waals surface area contributed by atoms with Crippen LogP contribution in [0.4, 0.5) is 0 Å². The van der Waals surface area contributed by atoms with Crippen LogP contribution in [-0.2, 0) is 17.8 Å². The molecule has 3 N–H and O–H groups in total. The van der Waals surface area contributed by atoms with E-state index in [-0.39, 0.29) is 12.3 Å². The van der Waals surface area contributed by atoms with Crippen molar-refractivity contribution in [2.45, 2.75) is 32.4 Å². The number of carbonyl (C=O) groups is 1. The molecule has 8 nitrogen and oxygen atoms in total. The molecule has 1 amide bonds. The van der Waals surface area contributed by atoms with Crippen LogP contribution < -0.4 is 5.73 Å². The zero-order valence-electron chi connectivity index (χ0n) is 18.1. The number of aliphatic hydroxyl groups excluding tert-OH is 1. The molecule has 4 rings (SSSR count). The molecule has 3 aromatic heterocycles. The summed E-state index contributed by atoms with van der Waals surface area (Å²) in [5, 5.41) is 13.9. The van der Waals surface area contributed by atoms with E-state index in [0.29, 0.717) is 24.6 Å². The van der Waals surface area contributed by atoms with Crippen molar-refractivity contribution in [1.82, 2.24) is 19.7 Å². The lowest BCUT2D eigenvalue weighted by atomic mass is 10.1. The van der Waals surface area contributed by atoms with Crippen LogP contribution in [0.2, 0.25) is 0 Å². The summed E-state index contributed by atoms with van der Waals surface area (Å²) in [7, 11) is 0. The van der Waals surface area contributed by atoms with Crippen molar-refractivity contribution in [2.24, 2.45) is 5.73 Å². The van der Waals surface area contributed by atoms with E-state index >= 15 is 0 Å². The molecule has 0 bridgehead atoms. The van der Waals surface area contributed by atoms with Gasteiger partial charge in [0.1, 0.15) is 17.6 Å². The minimum Gasteiger partial charge on any atom is -0.385 e. The van der Waals surface area contributed by atoms with Crippen LogP contribution in [0.15, 0.2) is 65.6 Å². The van der Waals surface area contributed by atoms with Crippen LogP contribution in [0.5, 0.6) is 0 Å². The number of primary amides is 1. The fraction of sp³-hybridized carbons (Fsp3) is 0.200. The molecule has 0 unspecified atom stereocenters. The number of nitrogens with zero attached hydrogens (tertiary/aromatic N) is 4. The number of aryl methyl sites for hydroxylation is 1. The number of hydrogen-bond donors (Lipinski definition) is 2. The fourth-order valence-electron chi connectivity index (χ4n) is 3.28. The molecule has 166 valence electrons. The Morgan fingerprint density at radius 1 is 1.12 bits per heavy atom. The van der Waals surface area contributed by atoms with Crippen molar-refractivity contribution < 1.29 is 14.4 Å². The minimum atomic E-state index is -0.657. The van der Waals surface area contributed by atoms with Crippen LogP contribution in [0.1, 0.15) is 47.8 Å². The highest BCUT2D eigenvalue weighted by Gasteiger charge is 2.12. The molecule has 33 heavy (non-hydrogen) atoms. The molecule has 0 saturated heterocycles. The summed E-state index contributed by atoms with van der Waals surface area (Å²) in [5.74, 6) is 7.10. The molecule has 0 aliphatic rings. The normalized spacial score (nSPS) is 11.6. The van der Waals surface area contributed by atoms with Crippen molar-refractivity contribution in [3.8, 4) is 23.2 Å². The zero-order valence-corrected chi connectivity index (χ0v) is 18.1. The number of imidazole rings is 1. The average Bonchev–Trinajstić information content (AvgIpc) is 3.47. The number of pyridine rings is 1. The van der Waals surface area contributed by atoms with Crippen LogP contribution in [-0.4, -0.2) is 30.7 Å². The Bertz CT molecular complexity index is 1290. The van der Waals surface area contributed by atoms with Gasteiger partial charge in [-0.05, 0) is 49.7 Å². The molecule has 0 spiro atoms. The molecular weight excluding hydrogens is 418 g/mol. The SMILES string of the molecule is C[C@H](O)c1nccn1Cc1cc(-c2ccc(C#Cc3ccc(CCC(N)=O)nc3)cc2)on1. The van der Waals surface area contributed by atoms with E-state index < -0.39 is 6.10 Å². The first kappa shape index (κ1) is 22.0. The van der Waals surface area contributed by atoms with Crippen LogP contribution in [0.25, 0.3) is 11.3 Å². The molecular formula is C25H23N5O3. The third-order valence-electron chi connectivity index (χ3n) is 4.99. The summed E-state index contributed by atoms with van der Waals surface area (Å²) in [6.45, 7) is 2.14. The van der Waals surface area contributed by atoms with E-state index in [9.17, 15) is 9.90 Å². The van der Waals surface area contributed by atoms with Crippen LogP contribution in [0, 0.1) is 11.8 Å². The molecule has 0 radical (unpaired) electrons. The van der Waals surface area contributed by atoms with Gasteiger partial charge in [0.15, 0.2) is 5.76 Å². The summed E-state index contributed by atoms with van der Waals surface area (Å²) in [4.78, 5) is 19.3. The van der Waals surface area contributed by atoms with Crippen LogP contribution >= 0.6 is 0 Å². The predicted molar refractivity (Wildman–Crippen MR) is 122 cm³/mol. The van der Waals surface area contributed by atoms with E-state index in [1.54, 1.807) is 25.5 Å². The van der Waals surface area contributed by atoms with Gasteiger partial charge in [0.25, 0.3) is 0 Å². The zero-order chi connectivity index (χ0) is 23.2. The molecule has 1 atom stereocenters. The third kappa shape index (κ3) is 5.73. The Balaban J connectivity index is 1.40. The maximum absolute atomic E-state index is 10.9. The second-order valence-corrected chi connectivity index (χ2v) is 7.60. The first-order valence-electron chi connectivity index (χ1n) is 10.5. The highest BCUT2D eigenvalue weighted by molar-refractivity contribution is 5.73. The molecule has 3 heterocycles. The monoisotopic (exact) mass is 441 g/mol. The highest BCUT2D eigenvalue weighted by Crippen LogP contribution is 2.22. The summed E-state index contributed by atoms with van der Waals surface area (Å²) >= 11 is 0. The van der Waals surface area contributed by atoms with Gasteiger partial charge < -0.3 is 19.9 Å². The van der Waals surface area contributed by atoms with E-state index in [1.807, 2.05) is 47.0 Å². The van der Waals surface area contributed by atoms with Gasteiger partial charge in [0, 0.05) is 53.5 Å². The Labute approximate surface area is 191 Å². The summed E-state index contributed by atoms with van der Waals surface area (Å²) in [6, 6.07) is 13.3. The molecule has 0 aliphatic carbocycles. The maximum Gasteiger partial charge on any atom is 0.217 e. The van der Waals surface area contributed by atoms with Gasteiger partial charge in [-0.25, -0.2) is 4.98 Å². The molecule has 4 aromatic rings. The number of aliphatic hydroxyl groups is 1. The lowest BCUT2D eigenvalue weighted by Gasteiger charge is -2.07. The first-order chi connectivity index (χ1) is 16.0. The Morgan fingerprint density at radius 3 is 2.58 bits per heavy atom.